The Kier molecular flexibility index (Phi) is 6.26. The summed E-state index contributed by atoms with van der Waals surface area (Å²) in [5.74, 6) is 1.55. The van der Waals surface area contributed by atoms with Crippen molar-refractivity contribution in [2.45, 2.75) is 6.29 Å². The summed E-state index contributed by atoms with van der Waals surface area (Å²) in [7, 11) is 0. The Hall–Kier alpha value is -2.20. The van der Waals surface area contributed by atoms with Crippen LogP contribution in [0.25, 0.3) is 0 Å². The van der Waals surface area contributed by atoms with Gasteiger partial charge in [-0.05, 0) is 6.08 Å². The van der Waals surface area contributed by atoms with Crippen molar-refractivity contribution >= 4 is 0 Å². The minimum Gasteiger partial charge on any atom is -0.489 e. The van der Waals surface area contributed by atoms with Gasteiger partial charge in [-0.3, -0.25) is 0 Å². The van der Waals surface area contributed by atoms with Crippen LogP contribution in [0.5, 0.6) is 17.2 Å². The Labute approximate surface area is 113 Å². The maximum Gasteiger partial charge on any atom is 0.216 e. The zero-order valence-electron chi connectivity index (χ0n) is 10.7. The maximum atomic E-state index is 9.39. The van der Waals surface area contributed by atoms with Crippen molar-refractivity contribution in [3.05, 3.63) is 56.2 Å². The first-order valence-electron chi connectivity index (χ1n) is 5.79. The number of hydrogen-bond acceptors (Lipinski definition) is 4. The first kappa shape index (κ1) is 14.9. The van der Waals surface area contributed by atoms with Crippen LogP contribution in [0, 0.1) is 0 Å². The van der Waals surface area contributed by atoms with Gasteiger partial charge in [0.15, 0.2) is 0 Å². The summed E-state index contributed by atoms with van der Waals surface area (Å²) in [4.78, 5) is 0. The van der Waals surface area contributed by atoms with E-state index < -0.39 is 6.29 Å². The molecule has 0 aliphatic heterocycles. The predicted molar refractivity (Wildman–Crippen MR) is 74.7 cm³/mol. The zero-order valence-corrected chi connectivity index (χ0v) is 10.7. The summed E-state index contributed by atoms with van der Waals surface area (Å²) in [6.07, 6.45) is 3.47. The average molecular weight is 262 g/mol. The van der Waals surface area contributed by atoms with Gasteiger partial charge in [0, 0.05) is 18.2 Å². The third-order valence-electron chi connectivity index (χ3n) is 2.05. The van der Waals surface area contributed by atoms with Crippen molar-refractivity contribution < 1.29 is 19.3 Å². The number of ether oxygens (including phenoxy) is 3. The van der Waals surface area contributed by atoms with Gasteiger partial charge in [0.25, 0.3) is 0 Å². The third-order valence-corrected chi connectivity index (χ3v) is 2.05. The fraction of sp³-hybridized carbons (Fsp3) is 0.200. The van der Waals surface area contributed by atoms with E-state index in [0.717, 1.165) is 0 Å². The van der Waals surface area contributed by atoms with E-state index >= 15 is 0 Å². The highest BCUT2D eigenvalue weighted by molar-refractivity contribution is 5.42. The fourth-order valence-corrected chi connectivity index (χ4v) is 1.28. The van der Waals surface area contributed by atoms with Crippen molar-refractivity contribution in [3.63, 3.8) is 0 Å². The molecule has 1 aromatic rings. The fourth-order valence-electron chi connectivity index (χ4n) is 1.28. The van der Waals surface area contributed by atoms with Crippen molar-refractivity contribution in [2.24, 2.45) is 0 Å². The van der Waals surface area contributed by atoms with E-state index in [-0.39, 0.29) is 0 Å². The van der Waals surface area contributed by atoms with Gasteiger partial charge in [-0.25, -0.2) is 0 Å². The summed E-state index contributed by atoms with van der Waals surface area (Å²) in [6.45, 7) is 11.3. The topological polar surface area (TPSA) is 47.9 Å². The molecule has 0 aliphatic carbocycles. The first-order valence-corrected chi connectivity index (χ1v) is 5.79. The van der Waals surface area contributed by atoms with Gasteiger partial charge >= 0.3 is 0 Å². The van der Waals surface area contributed by atoms with Crippen LogP contribution in [0.2, 0.25) is 0 Å². The van der Waals surface area contributed by atoms with E-state index in [0.29, 0.717) is 30.5 Å². The molecule has 0 amide bonds. The standard InChI is InChI=1S/C15H18O4/c1-4-7-17-12-9-13(18-8-5-2)11-14(10-12)19-15(16)6-3/h4-6,9-11,15-16H,1-3,7-8H2. The van der Waals surface area contributed by atoms with Gasteiger partial charge in [-0.15, -0.1) is 0 Å². The molecule has 0 fully saturated rings. The van der Waals surface area contributed by atoms with Gasteiger partial charge < -0.3 is 19.3 Å². The van der Waals surface area contributed by atoms with E-state index in [1.165, 1.54) is 6.08 Å². The molecule has 102 valence electrons. The Morgan fingerprint density at radius 2 is 1.42 bits per heavy atom. The highest BCUT2D eigenvalue weighted by Crippen LogP contribution is 2.28. The van der Waals surface area contributed by atoms with Crippen LogP contribution < -0.4 is 14.2 Å². The lowest BCUT2D eigenvalue weighted by molar-refractivity contribution is 0.0247. The Morgan fingerprint density at radius 1 is 0.947 bits per heavy atom. The number of benzene rings is 1. The molecule has 19 heavy (non-hydrogen) atoms. The van der Waals surface area contributed by atoms with Crippen molar-refractivity contribution in [1.82, 2.24) is 0 Å². The smallest absolute Gasteiger partial charge is 0.216 e. The van der Waals surface area contributed by atoms with Gasteiger partial charge in [-0.2, -0.15) is 0 Å². The van der Waals surface area contributed by atoms with E-state index in [9.17, 15) is 5.11 Å². The summed E-state index contributed by atoms with van der Waals surface area (Å²) < 4.78 is 16.1. The molecule has 1 atom stereocenters. The summed E-state index contributed by atoms with van der Waals surface area (Å²) in [6, 6.07) is 5.02. The molecule has 0 radical (unpaired) electrons. The van der Waals surface area contributed by atoms with Gasteiger partial charge in [0.05, 0.1) is 0 Å². The molecule has 1 rings (SSSR count). The van der Waals surface area contributed by atoms with E-state index in [4.69, 9.17) is 14.2 Å². The van der Waals surface area contributed by atoms with Crippen molar-refractivity contribution in [1.29, 1.82) is 0 Å². The second kappa shape index (κ2) is 8.00. The predicted octanol–water partition coefficient (Wildman–Crippen LogP) is 2.70. The number of rotatable bonds is 9. The van der Waals surface area contributed by atoms with Gasteiger partial charge in [0.1, 0.15) is 30.5 Å². The lowest BCUT2D eigenvalue weighted by atomic mass is 10.3. The molecule has 4 nitrogen and oxygen atoms in total. The quantitative estimate of drug-likeness (QED) is 0.549. The molecule has 4 heteroatoms. The minimum absolute atomic E-state index is 0.369. The van der Waals surface area contributed by atoms with E-state index in [1.807, 2.05) is 0 Å². The third kappa shape index (κ3) is 5.31. The second-order valence-electron chi connectivity index (χ2n) is 3.58. The molecule has 1 unspecified atom stereocenters. The molecule has 0 aliphatic rings. The number of aliphatic hydroxyl groups excluding tert-OH is 1. The Morgan fingerprint density at radius 3 is 1.84 bits per heavy atom. The Bertz CT molecular complexity index is 410. The number of aliphatic hydroxyl groups is 1. The molecule has 0 saturated heterocycles. The zero-order chi connectivity index (χ0) is 14.1. The molecule has 0 aromatic heterocycles. The normalized spacial score (nSPS) is 11.2. The molecule has 0 bridgehead atoms. The lowest BCUT2D eigenvalue weighted by Gasteiger charge is -2.13. The van der Waals surface area contributed by atoms with Crippen LogP contribution >= 0.6 is 0 Å². The van der Waals surface area contributed by atoms with E-state index in [1.54, 1.807) is 30.4 Å². The first-order chi connectivity index (χ1) is 9.19. The van der Waals surface area contributed by atoms with Crippen LogP contribution in [-0.2, 0) is 0 Å². The van der Waals surface area contributed by atoms with Crippen LogP contribution in [0.4, 0.5) is 0 Å². The molecule has 0 spiro atoms. The largest absolute Gasteiger partial charge is 0.489 e. The van der Waals surface area contributed by atoms with Crippen LogP contribution in [0.15, 0.2) is 56.2 Å². The van der Waals surface area contributed by atoms with E-state index in [2.05, 4.69) is 19.7 Å². The van der Waals surface area contributed by atoms with Gasteiger partial charge in [0.2, 0.25) is 6.29 Å². The highest BCUT2D eigenvalue weighted by atomic mass is 16.6. The maximum absolute atomic E-state index is 9.39. The highest BCUT2D eigenvalue weighted by Gasteiger charge is 2.06. The molecule has 1 N–H and O–H groups in total. The molecular weight excluding hydrogens is 244 g/mol. The molecule has 1 aromatic carbocycles. The van der Waals surface area contributed by atoms with Crippen molar-refractivity contribution in [3.8, 4) is 17.2 Å². The summed E-state index contributed by atoms with van der Waals surface area (Å²) in [5.41, 5.74) is 0. The second-order valence-corrected chi connectivity index (χ2v) is 3.58. The molecular formula is C15H18O4. The van der Waals surface area contributed by atoms with Crippen molar-refractivity contribution in [2.75, 3.05) is 13.2 Å². The summed E-state index contributed by atoms with van der Waals surface area (Å²) in [5, 5.41) is 9.39. The monoisotopic (exact) mass is 262 g/mol. The van der Waals surface area contributed by atoms with Gasteiger partial charge in [-0.1, -0.05) is 31.9 Å². The van der Waals surface area contributed by atoms with Crippen LogP contribution in [-0.4, -0.2) is 24.6 Å². The Balaban J connectivity index is 2.89. The minimum atomic E-state index is -1.08. The molecule has 0 heterocycles. The summed E-state index contributed by atoms with van der Waals surface area (Å²) >= 11 is 0. The van der Waals surface area contributed by atoms with Crippen LogP contribution in [0.3, 0.4) is 0 Å². The van der Waals surface area contributed by atoms with Crippen LogP contribution in [0.1, 0.15) is 0 Å². The number of hydrogen-bond donors (Lipinski definition) is 1. The lowest BCUT2D eigenvalue weighted by Crippen LogP contribution is -2.11. The average Bonchev–Trinajstić information content (AvgIpc) is 2.42. The molecule has 0 saturated carbocycles. The SMILES string of the molecule is C=CCOc1cc(OCC=C)cc(OC(O)C=C)c1.